The number of ether oxygens (including phenoxy) is 1. The minimum Gasteiger partial charge on any atom is -0.488 e. The van der Waals surface area contributed by atoms with Gasteiger partial charge in [-0.15, -0.1) is 0 Å². The second-order valence-electron chi connectivity index (χ2n) is 6.04. The topological polar surface area (TPSA) is 76.2 Å². The lowest BCUT2D eigenvalue weighted by Gasteiger charge is -2.10. The minimum absolute atomic E-state index is 0.0196. The predicted octanol–water partition coefficient (Wildman–Crippen LogP) is 6.65. The number of non-ortho nitro benzene ring substituents is 1. The van der Waals surface area contributed by atoms with E-state index in [-0.39, 0.29) is 5.69 Å². The summed E-state index contributed by atoms with van der Waals surface area (Å²) in [5, 5.41) is 20.9. The molecule has 29 heavy (non-hydrogen) atoms. The summed E-state index contributed by atoms with van der Waals surface area (Å²) in [6.07, 6.45) is 1.71. The first-order chi connectivity index (χ1) is 14.0. The maximum atomic E-state index is 10.8. The molecule has 0 aliphatic carbocycles. The highest BCUT2D eigenvalue weighted by Crippen LogP contribution is 2.29. The predicted molar refractivity (Wildman–Crippen MR) is 117 cm³/mol. The van der Waals surface area contributed by atoms with Gasteiger partial charge in [-0.3, -0.25) is 10.1 Å². The van der Waals surface area contributed by atoms with Gasteiger partial charge in [0, 0.05) is 22.7 Å². The van der Waals surface area contributed by atoms with Crippen LogP contribution in [0.3, 0.4) is 0 Å². The number of nitrogens with zero attached hydrogens (tertiary/aromatic N) is 2. The maximum absolute atomic E-state index is 10.8. The average Bonchev–Trinajstić information content (AvgIpc) is 2.72. The number of halogens is 2. The number of nitro benzene ring substituents is 1. The molecule has 3 rings (SSSR count). The molecule has 0 aromatic heterocycles. The van der Waals surface area contributed by atoms with Crippen molar-refractivity contribution in [2.24, 2.45) is 0 Å². The van der Waals surface area contributed by atoms with Gasteiger partial charge in [-0.05, 0) is 63.5 Å². The molecule has 0 atom stereocenters. The van der Waals surface area contributed by atoms with Gasteiger partial charge in [0.1, 0.15) is 12.4 Å². The van der Waals surface area contributed by atoms with Crippen LogP contribution < -0.4 is 4.74 Å². The summed E-state index contributed by atoms with van der Waals surface area (Å²) in [6.45, 7) is 0.333. The summed E-state index contributed by atoms with van der Waals surface area (Å²) in [6, 6.07) is 20.9. The molecular formula is C22H14BrClN2O3. The first kappa shape index (κ1) is 20.6. The van der Waals surface area contributed by atoms with E-state index < -0.39 is 4.92 Å². The van der Waals surface area contributed by atoms with Crippen molar-refractivity contribution in [3.05, 3.63) is 103 Å². The molecule has 0 heterocycles. The van der Waals surface area contributed by atoms with Crippen molar-refractivity contribution in [2.75, 3.05) is 0 Å². The molecule has 0 fully saturated rings. The third kappa shape index (κ3) is 5.23. The zero-order valence-electron chi connectivity index (χ0n) is 15.0. The molecule has 0 N–H and O–H groups in total. The van der Waals surface area contributed by atoms with Gasteiger partial charge in [0.05, 0.1) is 21.0 Å². The third-order valence-electron chi connectivity index (χ3n) is 4.12. The fourth-order valence-corrected chi connectivity index (χ4v) is 3.31. The molecule has 3 aromatic rings. The van der Waals surface area contributed by atoms with Crippen LogP contribution in [0.25, 0.3) is 11.6 Å². The minimum atomic E-state index is -0.474. The summed E-state index contributed by atoms with van der Waals surface area (Å²) >= 11 is 9.63. The molecule has 144 valence electrons. The van der Waals surface area contributed by atoms with Crippen LogP contribution in [0, 0.1) is 21.4 Å². The van der Waals surface area contributed by atoms with Crippen LogP contribution in [0.2, 0.25) is 5.02 Å². The van der Waals surface area contributed by atoms with E-state index in [2.05, 4.69) is 22.0 Å². The number of benzene rings is 3. The number of hydrogen-bond donors (Lipinski definition) is 0. The van der Waals surface area contributed by atoms with Gasteiger partial charge in [0.2, 0.25) is 0 Å². The highest BCUT2D eigenvalue weighted by molar-refractivity contribution is 9.10. The Morgan fingerprint density at radius 3 is 2.52 bits per heavy atom. The molecule has 0 radical (unpaired) electrons. The van der Waals surface area contributed by atoms with E-state index in [1.54, 1.807) is 24.3 Å². The monoisotopic (exact) mass is 468 g/mol. The van der Waals surface area contributed by atoms with Crippen molar-refractivity contribution < 1.29 is 9.66 Å². The Kier molecular flexibility index (Phi) is 6.65. The van der Waals surface area contributed by atoms with Crippen molar-refractivity contribution in [3.8, 4) is 11.8 Å². The van der Waals surface area contributed by atoms with E-state index >= 15 is 0 Å². The molecule has 0 spiro atoms. The average molecular weight is 470 g/mol. The van der Waals surface area contributed by atoms with E-state index in [0.717, 1.165) is 15.6 Å². The lowest BCUT2D eigenvalue weighted by molar-refractivity contribution is -0.384. The lowest BCUT2D eigenvalue weighted by atomic mass is 10.0. The Labute approximate surface area is 181 Å². The molecule has 0 saturated heterocycles. The zero-order valence-corrected chi connectivity index (χ0v) is 17.4. The van der Waals surface area contributed by atoms with Crippen LogP contribution in [0.15, 0.2) is 71.2 Å². The van der Waals surface area contributed by atoms with Gasteiger partial charge in [-0.2, -0.15) is 5.26 Å². The molecule has 0 aliphatic rings. The maximum Gasteiger partial charge on any atom is 0.269 e. The molecule has 7 heteroatoms. The van der Waals surface area contributed by atoms with E-state index in [1.807, 2.05) is 36.4 Å². The quantitative estimate of drug-likeness (QED) is 0.175. The number of allylic oxidation sites excluding steroid dienone is 1. The van der Waals surface area contributed by atoms with Gasteiger partial charge >= 0.3 is 0 Å². The fourth-order valence-electron chi connectivity index (χ4n) is 2.60. The van der Waals surface area contributed by atoms with Gasteiger partial charge in [-0.1, -0.05) is 35.9 Å². The van der Waals surface area contributed by atoms with Crippen molar-refractivity contribution in [3.63, 3.8) is 0 Å². The molecule has 5 nitrogen and oxygen atoms in total. The highest BCUT2D eigenvalue weighted by Gasteiger charge is 2.08. The Balaban J connectivity index is 1.78. The second kappa shape index (κ2) is 9.37. The zero-order chi connectivity index (χ0) is 20.8. The van der Waals surface area contributed by atoms with E-state index in [4.69, 9.17) is 16.3 Å². The first-order valence-corrected chi connectivity index (χ1v) is 9.67. The molecule has 3 aromatic carbocycles. The van der Waals surface area contributed by atoms with Crippen LogP contribution in [0.4, 0.5) is 5.69 Å². The van der Waals surface area contributed by atoms with Crippen molar-refractivity contribution in [2.45, 2.75) is 6.61 Å². The van der Waals surface area contributed by atoms with E-state index in [1.165, 1.54) is 12.1 Å². The highest BCUT2D eigenvalue weighted by atomic mass is 79.9. The van der Waals surface area contributed by atoms with E-state index in [9.17, 15) is 15.4 Å². The summed E-state index contributed by atoms with van der Waals surface area (Å²) in [7, 11) is 0. The SMILES string of the molecule is N#C/C(=C/c1ccc(OCc2ccccc2Cl)c(Br)c1)c1ccc([N+](=O)[O-])cc1. The van der Waals surface area contributed by atoms with Gasteiger partial charge < -0.3 is 4.74 Å². The summed E-state index contributed by atoms with van der Waals surface area (Å²) < 4.78 is 6.56. The van der Waals surface area contributed by atoms with E-state index in [0.29, 0.717) is 28.5 Å². The number of rotatable bonds is 6. The molecule has 0 unspecified atom stereocenters. The van der Waals surface area contributed by atoms with Crippen LogP contribution in [-0.2, 0) is 6.61 Å². The third-order valence-corrected chi connectivity index (χ3v) is 5.11. The Bertz CT molecular complexity index is 1120. The first-order valence-electron chi connectivity index (χ1n) is 8.50. The van der Waals surface area contributed by atoms with Gasteiger partial charge in [-0.25, -0.2) is 0 Å². The van der Waals surface area contributed by atoms with Crippen molar-refractivity contribution in [1.29, 1.82) is 5.26 Å². The summed E-state index contributed by atoms with van der Waals surface area (Å²) in [5.41, 5.74) is 2.66. The largest absolute Gasteiger partial charge is 0.488 e. The molecule has 0 amide bonds. The molecular weight excluding hydrogens is 456 g/mol. The number of nitro groups is 1. The van der Waals surface area contributed by atoms with Gasteiger partial charge in [0.15, 0.2) is 0 Å². The molecule has 0 aliphatic heterocycles. The standard InChI is InChI=1S/C22H14BrClN2O3/c23-20-12-15(5-10-22(20)29-14-17-3-1-2-4-21(17)24)11-18(13-25)16-6-8-19(9-7-16)26(27)28/h1-12H,14H2/b18-11-. The van der Waals surface area contributed by atoms with Crippen LogP contribution in [-0.4, -0.2) is 4.92 Å². The summed E-state index contributed by atoms with van der Waals surface area (Å²) in [5.74, 6) is 0.649. The Morgan fingerprint density at radius 2 is 1.90 bits per heavy atom. The summed E-state index contributed by atoms with van der Waals surface area (Å²) in [4.78, 5) is 10.3. The Hall–Kier alpha value is -3.14. The molecule has 0 saturated carbocycles. The van der Waals surface area contributed by atoms with Crippen molar-refractivity contribution in [1.82, 2.24) is 0 Å². The number of nitriles is 1. The second-order valence-corrected chi connectivity index (χ2v) is 7.31. The van der Waals surface area contributed by atoms with Crippen molar-refractivity contribution >= 4 is 44.9 Å². The smallest absolute Gasteiger partial charge is 0.269 e. The van der Waals surface area contributed by atoms with Crippen LogP contribution >= 0.6 is 27.5 Å². The fraction of sp³-hybridized carbons (Fsp3) is 0.0455. The molecule has 0 bridgehead atoms. The normalized spacial score (nSPS) is 11.0. The van der Waals surface area contributed by atoms with Crippen LogP contribution in [0.1, 0.15) is 16.7 Å². The van der Waals surface area contributed by atoms with Gasteiger partial charge in [0.25, 0.3) is 5.69 Å². The Morgan fingerprint density at radius 1 is 1.17 bits per heavy atom. The number of hydrogen-bond acceptors (Lipinski definition) is 4. The lowest BCUT2D eigenvalue weighted by Crippen LogP contribution is -1.97. The van der Waals surface area contributed by atoms with Crippen LogP contribution in [0.5, 0.6) is 5.75 Å².